The monoisotopic (exact) mass is 608 g/mol. The average Bonchev–Trinajstić information content (AvgIpc) is 3.57. The molecule has 2 fully saturated rings. The second-order valence-electron chi connectivity index (χ2n) is 10.3. The van der Waals surface area contributed by atoms with E-state index in [0.29, 0.717) is 42.7 Å². The van der Waals surface area contributed by atoms with Gasteiger partial charge in [0.2, 0.25) is 11.8 Å². The third-order valence-corrected chi connectivity index (χ3v) is 12.8. The summed E-state index contributed by atoms with van der Waals surface area (Å²) in [5.74, 6) is -0.0141. The molecule has 0 aromatic rings. The largest absolute Gasteiger partial charge is 0.480 e. The van der Waals surface area contributed by atoms with Crippen molar-refractivity contribution in [2.45, 2.75) is 95.9 Å². The molecule has 5 atom stereocenters. The maximum Gasteiger partial charge on any atom is 0.326 e. The average molecular weight is 609 g/mol. The van der Waals surface area contributed by atoms with Crippen LogP contribution >= 0.6 is 43.2 Å². The number of carboxylic acid groups (broad SMARTS) is 2. The zero-order valence-electron chi connectivity index (χ0n) is 22.8. The molecule has 8 nitrogen and oxygen atoms in total. The Labute approximate surface area is 243 Å². The van der Waals surface area contributed by atoms with Crippen LogP contribution in [0.2, 0.25) is 0 Å². The number of hydrogen-bond donors (Lipinski definition) is 2. The van der Waals surface area contributed by atoms with E-state index in [4.69, 9.17) is 0 Å². The van der Waals surface area contributed by atoms with E-state index in [2.05, 4.69) is 6.92 Å². The predicted molar refractivity (Wildman–Crippen MR) is 161 cm³/mol. The van der Waals surface area contributed by atoms with Gasteiger partial charge in [0.1, 0.15) is 12.1 Å². The highest BCUT2D eigenvalue weighted by Gasteiger charge is 2.36. The topological polar surface area (TPSA) is 115 Å². The Morgan fingerprint density at radius 3 is 1.82 bits per heavy atom. The number of rotatable bonds is 18. The SMILES string of the molecule is CCCCC[C@H](CCSSC[C@H](C)C(=O)N1CCC[C@H]1C(=O)O)SSC[C@H](C)C(=O)N1CCC[C@H]1C(=O)O. The van der Waals surface area contributed by atoms with Gasteiger partial charge in [-0.1, -0.05) is 83.2 Å². The van der Waals surface area contributed by atoms with Crippen LogP contribution in [-0.4, -0.2) is 91.4 Å². The van der Waals surface area contributed by atoms with E-state index < -0.39 is 24.0 Å². The Bertz CT molecular complexity index is 789. The van der Waals surface area contributed by atoms with E-state index in [1.165, 1.54) is 24.2 Å². The predicted octanol–water partition coefficient (Wildman–Crippen LogP) is 5.51. The first-order valence-corrected chi connectivity index (χ1v) is 18.6. The quantitative estimate of drug-likeness (QED) is 0.152. The third-order valence-electron chi connectivity index (χ3n) is 7.06. The van der Waals surface area contributed by atoms with Crippen molar-refractivity contribution in [1.82, 2.24) is 9.80 Å². The van der Waals surface area contributed by atoms with Crippen LogP contribution in [0.15, 0.2) is 0 Å². The van der Waals surface area contributed by atoms with E-state index in [-0.39, 0.29) is 23.7 Å². The number of hydrogen-bond acceptors (Lipinski definition) is 8. The summed E-state index contributed by atoms with van der Waals surface area (Å²) in [4.78, 5) is 51.4. The fourth-order valence-electron chi connectivity index (χ4n) is 4.77. The summed E-state index contributed by atoms with van der Waals surface area (Å²) in [6.07, 6.45) is 8.32. The molecule has 0 aliphatic carbocycles. The molecular weight excluding hydrogens is 565 g/mol. The molecule has 0 spiro atoms. The van der Waals surface area contributed by atoms with Crippen molar-refractivity contribution in [3.8, 4) is 0 Å². The van der Waals surface area contributed by atoms with Gasteiger partial charge in [-0.15, -0.1) is 0 Å². The van der Waals surface area contributed by atoms with Crippen molar-refractivity contribution in [2.24, 2.45) is 11.8 Å². The Morgan fingerprint density at radius 1 is 0.789 bits per heavy atom. The van der Waals surface area contributed by atoms with E-state index >= 15 is 0 Å². The zero-order chi connectivity index (χ0) is 28.1. The fourth-order valence-corrected chi connectivity index (χ4v) is 10.5. The minimum atomic E-state index is -0.908. The summed E-state index contributed by atoms with van der Waals surface area (Å²) >= 11 is 0. The molecule has 2 heterocycles. The number of carboxylic acids is 2. The van der Waals surface area contributed by atoms with Crippen LogP contribution in [-0.2, 0) is 19.2 Å². The Balaban J connectivity index is 1.70. The molecule has 0 aromatic carbocycles. The highest BCUT2D eigenvalue weighted by Crippen LogP contribution is 2.36. The van der Waals surface area contributed by atoms with Crippen molar-refractivity contribution >= 4 is 66.9 Å². The van der Waals surface area contributed by atoms with Crippen LogP contribution in [0, 0.1) is 11.8 Å². The van der Waals surface area contributed by atoms with Gasteiger partial charge in [0.05, 0.1) is 0 Å². The number of unbranched alkanes of at least 4 members (excludes halogenated alkanes) is 2. The van der Waals surface area contributed by atoms with Gasteiger partial charge in [-0.05, 0) is 38.5 Å². The van der Waals surface area contributed by atoms with Gasteiger partial charge in [-0.2, -0.15) is 0 Å². The van der Waals surface area contributed by atoms with Gasteiger partial charge in [-0.25, -0.2) is 9.59 Å². The van der Waals surface area contributed by atoms with Crippen molar-refractivity contribution < 1.29 is 29.4 Å². The number of likely N-dealkylation sites (tertiary alicyclic amines) is 2. The smallest absolute Gasteiger partial charge is 0.326 e. The summed E-state index contributed by atoms with van der Waals surface area (Å²) < 4.78 is 0. The van der Waals surface area contributed by atoms with Crippen LogP contribution in [0.3, 0.4) is 0 Å². The number of nitrogens with zero attached hydrogens (tertiary/aromatic N) is 2. The highest BCUT2D eigenvalue weighted by molar-refractivity contribution is 8.77. The number of amides is 2. The lowest BCUT2D eigenvalue weighted by Gasteiger charge is -2.25. The van der Waals surface area contributed by atoms with E-state index in [9.17, 15) is 29.4 Å². The first-order chi connectivity index (χ1) is 18.2. The summed E-state index contributed by atoms with van der Waals surface area (Å²) in [7, 11) is 7.02. The molecule has 0 bridgehead atoms. The van der Waals surface area contributed by atoms with E-state index in [0.717, 1.165) is 31.4 Å². The van der Waals surface area contributed by atoms with E-state index in [1.807, 2.05) is 24.6 Å². The fraction of sp³-hybridized carbons (Fsp3) is 0.846. The lowest BCUT2D eigenvalue weighted by molar-refractivity contribution is -0.149. The zero-order valence-corrected chi connectivity index (χ0v) is 26.1. The molecule has 2 rings (SSSR count). The molecule has 2 amide bonds. The van der Waals surface area contributed by atoms with Gasteiger partial charge in [0, 0.05) is 47.4 Å². The minimum Gasteiger partial charge on any atom is -0.480 e. The molecule has 2 N–H and O–H groups in total. The second kappa shape index (κ2) is 17.9. The Hall–Kier alpha value is -0.720. The van der Waals surface area contributed by atoms with Gasteiger partial charge in [-0.3, -0.25) is 9.59 Å². The summed E-state index contributed by atoms with van der Waals surface area (Å²) in [5, 5.41) is 19.2. The molecule has 218 valence electrons. The van der Waals surface area contributed by atoms with Gasteiger partial charge in [0.25, 0.3) is 0 Å². The molecule has 2 aliphatic heterocycles. The summed E-state index contributed by atoms with van der Waals surface area (Å²) in [6.45, 7) is 7.05. The van der Waals surface area contributed by atoms with Gasteiger partial charge >= 0.3 is 11.9 Å². The summed E-state index contributed by atoms with van der Waals surface area (Å²) in [6, 6.07) is -1.35. The lowest BCUT2D eigenvalue weighted by Crippen LogP contribution is -2.43. The van der Waals surface area contributed by atoms with Crippen LogP contribution < -0.4 is 0 Å². The third kappa shape index (κ3) is 10.7. The lowest BCUT2D eigenvalue weighted by atomic mass is 10.1. The van der Waals surface area contributed by atoms with Crippen LogP contribution in [0.4, 0.5) is 0 Å². The first kappa shape index (κ1) is 33.5. The van der Waals surface area contributed by atoms with Crippen LogP contribution in [0.1, 0.15) is 78.6 Å². The van der Waals surface area contributed by atoms with Crippen molar-refractivity contribution in [2.75, 3.05) is 30.3 Å². The van der Waals surface area contributed by atoms with Crippen molar-refractivity contribution in [3.05, 3.63) is 0 Å². The Morgan fingerprint density at radius 2 is 1.32 bits per heavy atom. The number of carbonyl (C=O) groups is 4. The normalized spacial score (nSPS) is 21.9. The second-order valence-corrected chi connectivity index (χ2v) is 15.6. The molecule has 38 heavy (non-hydrogen) atoms. The van der Waals surface area contributed by atoms with Gasteiger partial charge in [0.15, 0.2) is 0 Å². The first-order valence-electron chi connectivity index (χ1n) is 13.8. The van der Waals surface area contributed by atoms with Crippen LogP contribution in [0.5, 0.6) is 0 Å². The maximum absolute atomic E-state index is 12.8. The minimum absolute atomic E-state index is 0.0511. The molecule has 2 aliphatic rings. The molecule has 0 saturated carbocycles. The van der Waals surface area contributed by atoms with Gasteiger partial charge < -0.3 is 20.0 Å². The highest BCUT2D eigenvalue weighted by atomic mass is 33.1. The summed E-state index contributed by atoms with van der Waals surface area (Å²) in [5.41, 5.74) is 0. The Kier molecular flexibility index (Phi) is 15.7. The van der Waals surface area contributed by atoms with E-state index in [1.54, 1.807) is 37.3 Å². The van der Waals surface area contributed by atoms with Crippen molar-refractivity contribution in [3.63, 3.8) is 0 Å². The molecule has 12 heteroatoms. The number of aliphatic carboxylic acids is 2. The molecule has 0 aromatic heterocycles. The standard InChI is InChI=1S/C26H44N2O6S4/c1-4-5-6-9-20(38-37-17-19(3)24(30)28-14-8-11-22(28)26(33)34)12-15-35-36-16-18(2)23(29)27-13-7-10-21(27)25(31)32/h18-22H,4-17H2,1-3H3,(H,31,32)(H,33,34)/t18-,19-,20+,21-,22-/m0/s1. The molecule has 0 unspecified atom stereocenters. The number of carbonyl (C=O) groups excluding carboxylic acids is 2. The molecule has 2 saturated heterocycles. The maximum atomic E-state index is 12.8. The van der Waals surface area contributed by atoms with Crippen LogP contribution in [0.25, 0.3) is 0 Å². The molecular formula is C26H44N2O6S4. The molecule has 0 radical (unpaired) electrons. The van der Waals surface area contributed by atoms with Crippen molar-refractivity contribution in [1.29, 1.82) is 0 Å².